The number of carbonyl (C=O) groups is 3. The molecule has 0 radical (unpaired) electrons. The zero-order chi connectivity index (χ0) is 24.2. The van der Waals surface area contributed by atoms with Gasteiger partial charge in [0.1, 0.15) is 5.75 Å². The van der Waals surface area contributed by atoms with Crippen molar-refractivity contribution in [2.45, 2.75) is 31.7 Å². The highest BCUT2D eigenvalue weighted by molar-refractivity contribution is 5.95. The van der Waals surface area contributed by atoms with Gasteiger partial charge in [0.05, 0.1) is 12.5 Å². The summed E-state index contributed by atoms with van der Waals surface area (Å²) in [7, 11) is 1.61. The molecule has 0 aliphatic heterocycles. The standard InChI is InChI=1S/C22H22F3N3O5/c1-28(21(32)27-15-4-6-16(7-5-15)33-22(23,24)25)18-9-3-13-12-14(2-8-17(13)18)20(31)26-11-10-19(29)30/h2,4-8,12,18H,3,9-11H2,1H3,(H,26,31)(H,27,32)(H,29,30). The van der Waals surface area contributed by atoms with Crippen molar-refractivity contribution in [2.75, 3.05) is 18.9 Å². The summed E-state index contributed by atoms with van der Waals surface area (Å²) in [5.41, 5.74) is 2.53. The van der Waals surface area contributed by atoms with Gasteiger partial charge >= 0.3 is 18.4 Å². The van der Waals surface area contributed by atoms with Gasteiger partial charge in [0, 0.05) is 24.8 Å². The molecule has 0 aromatic heterocycles. The van der Waals surface area contributed by atoms with Gasteiger partial charge < -0.3 is 25.4 Å². The van der Waals surface area contributed by atoms with Crippen LogP contribution in [0.5, 0.6) is 5.75 Å². The summed E-state index contributed by atoms with van der Waals surface area (Å²) in [6.07, 6.45) is -3.67. The minimum absolute atomic E-state index is 0.0279. The van der Waals surface area contributed by atoms with Crippen molar-refractivity contribution in [1.82, 2.24) is 10.2 Å². The molecule has 11 heteroatoms. The number of carboxylic acid groups (broad SMARTS) is 1. The van der Waals surface area contributed by atoms with E-state index in [1.165, 1.54) is 17.0 Å². The summed E-state index contributed by atoms with van der Waals surface area (Å²) in [6, 6.07) is 9.29. The molecule has 3 amide bonds. The maximum absolute atomic E-state index is 12.7. The van der Waals surface area contributed by atoms with Gasteiger partial charge in [-0.25, -0.2) is 4.79 Å². The fourth-order valence-electron chi connectivity index (χ4n) is 3.62. The number of carboxylic acids is 1. The molecule has 1 aliphatic carbocycles. The Bertz CT molecular complexity index is 1040. The molecule has 3 N–H and O–H groups in total. The molecule has 8 nitrogen and oxygen atoms in total. The van der Waals surface area contributed by atoms with Gasteiger partial charge in [-0.2, -0.15) is 0 Å². The largest absolute Gasteiger partial charge is 0.573 e. The van der Waals surface area contributed by atoms with Crippen LogP contribution in [0.25, 0.3) is 0 Å². The molecule has 176 valence electrons. The van der Waals surface area contributed by atoms with Crippen molar-refractivity contribution in [3.05, 3.63) is 59.2 Å². The lowest BCUT2D eigenvalue weighted by Gasteiger charge is -2.26. The van der Waals surface area contributed by atoms with Crippen molar-refractivity contribution in [3.63, 3.8) is 0 Å². The van der Waals surface area contributed by atoms with Crippen molar-refractivity contribution in [2.24, 2.45) is 0 Å². The first-order valence-corrected chi connectivity index (χ1v) is 10.1. The number of urea groups is 1. The molecule has 1 aliphatic rings. The topological polar surface area (TPSA) is 108 Å². The molecule has 33 heavy (non-hydrogen) atoms. The zero-order valence-corrected chi connectivity index (χ0v) is 17.6. The van der Waals surface area contributed by atoms with Gasteiger partial charge in [0.15, 0.2) is 0 Å². The van der Waals surface area contributed by atoms with E-state index in [0.29, 0.717) is 24.1 Å². The predicted octanol–water partition coefficient (Wildman–Crippen LogP) is 3.94. The van der Waals surface area contributed by atoms with Gasteiger partial charge in [-0.1, -0.05) is 6.07 Å². The average molecular weight is 465 g/mol. The molecular formula is C22H22F3N3O5. The Morgan fingerprint density at radius 1 is 1.15 bits per heavy atom. The van der Waals surface area contributed by atoms with Gasteiger partial charge in [0.25, 0.3) is 5.91 Å². The second-order valence-electron chi connectivity index (χ2n) is 7.48. The van der Waals surface area contributed by atoms with Crippen molar-refractivity contribution >= 4 is 23.6 Å². The smallest absolute Gasteiger partial charge is 0.481 e. The third-order valence-corrected chi connectivity index (χ3v) is 5.20. The lowest BCUT2D eigenvalue weighted by atomic mass is 10.0. The minimum Gasteiger partial charge on any atom is -0.481 e. The summed E-state index contributed by atoms with van der Waals surface area (Å²) < 4.78 is 40.6. The van der Waals surface area contributed by atoms with Crippen LogP contribution in [0, 0.1) is 0 Å². The summed E-state index contributed by atoms with van der Waals surface area (Å²) in [5.74, 6) is -1.76. The van der Waals surface area contributed by atoms with Crippen LogP contribution in [0.2, 0.25) is 0 Å². The van der Waals surface area contributed by atoms with Crippen LogP contribution in [-0.2, 0) is 11.2 Å². The molecule has 1 unspecified atom stereocenters. The second-order valence-corrected chi connectivity index (χ2v) is 7.48. The Morgan fingerprint density at radius 3 is 2.48 bits per heavy atom. The molecule has 0 saturated carbocycles. The number of halogens is 3. The molecule has 1 atom stereocenters. The van der Waals surface area contributed by atoms with E-state index in [-0.39, 0.29) is 30.7 Å². The number of anilines is 1. The number of fused-ring (bicyclic) bond motifs is 1. The SMILES string of the molecule is CN(C(=O)Nc1ccc(OC(F)(F)F)cc1)C1CCc2cc(C(=O)NCCC(=O)O)ccc21. The first-order valence-electron chi connectivity index (χ1n) is 10.1. The number of nitrogens with zero attached hydrogens (tertiary/aromatic N) is 1. The molecule has 3 rings (SSSR count). The molecule has 0 fully saturated rings. The monoisotopic (exact) mass is 465 g/mol. The highest BCUT2D eigenvalue weighted by Gasteiger charge is 2.31. The van der Waals surface area contributed by atoms with Gasteiger partial charge in [0.2, 0.25) is 0 Å². The number of aliphatic carboxylic acids is 1. The van der Waals surface area contributed by atoms with E-state index in [1.54, 1.807) is 25.2 Å². The predicted molar refractivity (Wildman–Crippen MR) is 112 cm³/mol. The van der Waals surface area contributed by atoms with E-state index in [0.717, 1.165) is 23.3 Å². The van der Waals surface area contributed by atoms with Crippen LogP contribution >= 0.6 is 0 Å². The molecule has 2 aromatic carbocycles. The average Bonchev–Trinajstić information content (AvgIpc) is 3.16. The van der Waals surface area contributed by atoms with Crippen molar-refractivity contribution in [1.29, 1.82) is 0 Å². The second kappa shape index (κ2) is 9.80. The van der Waals surface area contributed by atoms with E-state index < -0.39 is 18.4 Å². The molecule has 0 bridgehead atoms. The first kappa shape index (κ1) is 23.9. The number of hydrogen-bond acceptors (Lipinski definition) is 4. The molecule has 2 aromatic rings. The normalized spacial score (nSPS) is 14.8. The quantitative estimate of drug-likeness (QED) is 0.574. The minimum atomic E-state index is -4.79. The van der Waals surface area contributed by atoms with Crippen LogP contribution in [0.3, 0.4) is 0 Å². The Balaban J connectivity index is 1.61. The summed E-state index contributed by atoms with van der Waals surface area (Å²) >= 11 is 0. The van der Waals surface area contributed by atoms with Gasteiger partial charge in [-0.05, 0) is 60.4 Å². The van der Waals surface area contributed by atoms with Crippen LogP contribution < -0.4 is 15.4 Å². The molecule has 0 heterocycles. The maximum atomic E-state index is 12.7. The van der Waals surface area contributed by atoms with Crippen molar-refractivity contribution < 1.29 is 37.4 Å². The van der Waals surface area contributed by atoms with Crippen LogP contribution in [0.4, 0.5) is 23.7 Å². The van der Waals surface area contributed by atoms with E-state index in [2.05, 4.69) is 15.4 Å². The summed E-state index contributed by atoms with van der Waals surface area (Å²) in [4.78, 5) is 36.9. The number of amides is 3. The Morgan fingerprint density at radius 2 is 1.85 bits per heavy atom. The van der Waals surface area contributed by atoms with E-state index in [1.807, 2.05) is 0 Å². The fourth-order valence-corrected chi connectivity index (χ4v) is 3.62. The number of alkyl halides is 3. The Kier molecular flexibility index (Phi) is 7.10. The van der Waals surface area contributed by atoms with Crippen molar-refractivity contribution in [3.8, 4) is 5.75 Å². The Hall–Kier alpha value is -3.76. The number of ether oxygens (including phenoxy) is 1. The maximum Gasteiger partial charge on any atom is 0.573 e. The van der Waals surface area contributed by atoms with Gasteiger partial charge in [-0.15, -0.1) is 13.2 Å². The Labute approximate surface area is 187 Å². The van der Waals surface area contributed by atoms with Crippen LogP contribution in [0.15, 0.2) is 42.5 Å². The van der Waals surface area contributed by atoms with E-state index >= 15 is 0 Å². The zero-order valence-electron chi connectivity index (χ0n) is 17.6. The summed E-state index contributed by atoms with van der Waals surface area (Å²) in [5, 5.41) is 13.9. The number of rotatable bonds is 7. The highest BCUT2D eigenvalue weighted by atomic mass is 19.4. The molecular weight excluding hydrogens is 443 g/mol. The van der Waals surface area contributed by atoms with Crippen LogP contribution in [0.1, 0.15) is 40.4 Å². The third-order valence-electron chi connectivity index (χ3n) is 5.20. The number of carbonyl (C=O) groups excluding carboxylic acids is 2. The van der Waals surface area contributed by atoms with Gasteiger partial charge in [-0.3, -0.25) is 9.59 Å². The number of benzene rings is 2. The van der Waals surface area contributed by atoms with E-state index in [4.69, 9.17) is 5.11 Å². The number of aryl methyl sites for hydroxylation is 1. The third kappa shape index (κ3) is 6.37. The molecule has 0 spiro atoms. The molecule has 0 saturated heterocycles. The lowest BCUT2D eigenvalue weighted by Crippen LogP contribution is -2.34. The highest BCUT2D eigenvalue weighted by Crippen LogP contribution is 2.36. The number of nitrogens with one attached hydrogen (secondary N) is 2. The van der Waals surface area contributed by atoms with E-state index in [9.17, 15) is 27.6 Å². The number of hydrogen-bond donors (Lipinski definition) is 3. The van der Waals surface area contributed by atoms with Crippen LogP contribution in [-0.4, -0.2) is 47.9 Å². The lowest BCUT2D eigenvalue weighted by molar-refractivity contribution is -0.274. The summed E-state index contributed by atoms with van der Waals surface area (Å²) in [6.45, 7) is 0.0279. The first-order chi connectivity index (χ1) is 15.5. The fraction of sp³-hybridized carbons (Fsp3) is 0.318.